The first-order valence-electron chi connectivity index (χ1n) is 5.09. The summed E-state index contributed by atoms with van der Waals surface area (Å²) in [6.45, 7) is 1.81. The van der Waals surface area contributed by atoms with Crippen LogP contribution in [0.5, 0.6) is 0 Å². The first-order valence-corrected chi connectivity index (χ1v) is 5.09. The van der Waals surface area contributed by atoms with Gasteiger partial charge in [0, 0.05) is 5.56 Å². The molecule has 2 nitrogen and oxygen atoms in total. The second-order valence-corrected chi connectivity index (χ2v) is 3.83. The summed E-state index contributed by atoms with van der Waals surface area (Å²) in [7, 11) is 0. The van der Waals surface area contributed by atoms with Gasteiger partial charge in [-0.05, 0) is 13.0 Å². The standard InChI is InChI=1S/C13H8F3NO/c1-8-3-2-4-9(5-8)12-10(6-17)11(7-18-12)13(14,15)16/h2-5,7H,1H3. The van der Waals surface area contributed by atoms with E-state index in [0.717, 1.165) is 5.56 Å². The minimum Gasteiger partial charge on any atom is -0.462 e. The lowest BCUT2D eigenvalue weighted by Crippen LogP contribution is -2.05. The SMILES string of the molecule is Cc1cccc(-c2occ(C(F)(F)F)c2C#N)c1. The Hall–Kier alpha value is -2.22. The van der Waals surface area contributed by atoms with E-state index in [0.29, 0.717) is 11.8 Å². The van der Waals surface area contributed by atoms with E-state index in [-0.39, 0.29) is 5.76 Å². The summed E-state index contributed by atoms with van der Waals surface area (Å²) in [5.41, 5.74) is -0.182. The van der Waals surface area contributed by atoms with E-state index in [1.807, 2.05) is 13.0 Å². The Morgan fingerprint density at radius 1 is 1.28 bits per heavy atom. The predicted molar refractivity (Wildman–Crippen MR) is 58.6 cm³/mol. The fourth-order valence-electron chi connectivity index (χ4n) is 1.68. The Morgan fingerprint density at radius 3 is 2.56 bits per heavy atom. The number of hydrogen-bond donors (Lipinski definition) is 0. The summed E-state index contributed by atoms with van der Waals surface area (Å²) >= 11 is 0. The third-order valence-electron chi connectivity index (χ3n) is 2.49. The summed E-state index contributed by atoms with van der Waals surface area (Å²) in [5, 5.41) is 8.87. The zero-order valence-corrected chi connectivity index (χ0v) is 9.38. The van der Waals surface area contributed by atoms with Crippen LogP contribution >= 0.6 is 0 Å². The second-order valence-electron chi connectivity index (χ2n) is 3.83. The van der Waals surface area contributed by atoms with Crippen LogP contribution in [0.1, 0.15) is 16.7 Å². The summed E-state index contributed by atoms with van der Waals surface area (Å²) in [5.74, 6) is -0.0477. The number of rotatable bonds is 1. The molecular weight excluding hydrogens is 243 g/mol. The first-order chi connectivity index (χ1) is 8.43. The van der Waals surface area contributed by atoms with Crippen molar-refractivity contribution in [3.8, 4) is 17.4 Å². The van der Waals surface area contributed by atoms with Crippen LogP contribution in [-0.2, 0) is 6.18 Å². The number of nitriles is 1. The summed E-state index contributed by atoms with van der Waals surface area (Å²) in [6.07, 6.45) is -4.01. The Morgan fingerprint density at radius 2 is 2.00 bits per heavy atom. The van der Waals surface area contributed by atoms with Crippen molar-refractivity contribution >= 4 is 0 Å². The van der Waals surface area contributed by atoms with Crippen LogP contribution in [0.3, 0.4) is 0 Å². The molecule has 0 aliphatic heterocycles. The minimum absolute atomic E-state index is 0.0477. The van der Waals surface area contributed by atoms with Gasteiger partial charge in [-0.1, -0.05) is 23.8 Å². The third-order valence-corrected chi connectivity index (χ3v) is 2.49. The van der Waals surface area contributed by atoms with Crippen LogP contribution in [0, 0.1) is 18.3 Å². The van der Waals surface area contributed by atoms with E-state index >= 15 is 0 Å². The lowest BCUT2D eigenvalue weighted by atomic mass is 10.0. The molecule has 2 aromatic rings. The van der Waals surface area contributed by atoms with E-state index in [1.165, 1.54) is 0 Å². The predicted octanol–water partition coefficient (Wildman–Crippen LogP) is 4.15. The molecule has 1 heterocycles. The van der Waals surface area contributed by atoms with Gasteiger partial charge in [0.25, 0.3) is 0 Å². The van der Waals surface area contributed by atoms with Crippen LogP contribution in [-0.4, -0.2) is 0 Å². The van der Waals surface area contributed by atoms with Gasteiger partial charge >= 0.3 is 6.18 Å². The molecular formula is C13H8F3NO. The van der Waals surface area contributed by atoms with Crippen LogP contribution in [0.2, 0.25) is 0 Å². The van der Waals surface area contributed by atoms with Crippen molar-refractivity contribution in [1.82, 2.24) is 0 Å². The topological polar surface area (TPSA) is 36.9 Å². The number of nitrogens with zero attached hydrogens (tertiary/aromatic N) is 1. The van der Waals surface area contributed by atoms with Crippen LogP contribution in [0.15, 0.2) is 34.9 Å². The van der Waals surface area contributed by atoms with Gasteiger partial charge < -0.3 is 4.42 Å². The molecule has 0 aliphatic rings. The highest BCUT2D eigenvalue weighted by Gasteiger charge is 2.37. The summed E-state index contributed by atoms with van der Waals surface area (Å²) in [4.78, 5) is 0. The van der Waals surface area contributed by atoms with Crippen LogP contribution in [0.4, 0.5) is 13.2 Å². The minimum atomic E-state index is -4.59. The maximum Gasteiger partial charge on any atom is 0.420 e. The zero-order valence-electron chi connectivity index (χ0n) is 9.38. The fourth-order valence-corrected chi connectivity index (χ4v) is 1.68. The molecule has 0 radical (unpaired) electrons. The van der Waals surface area contributed by atoms with E-state index < -0.39 is 17.3 Å². The van der Waals surface area contributed by atoms with E-state index in [9.17, 15) is 13.2 Å². The van der Waals surface area contributed by atoms with Crippen molar-refractivity contribution in [2.45, 2.75) is 13.1 Å². The molecule has 0 amide bonds. The lowest BCUT2D eigenvalue weighted by molar-refractivity contribution is -0.138. The van der Waals surface area contributed by atoms with E-state index in [1.54, 1.807) is 24.3 Å². The maximum absolute atomic E-state index is 12.6. The van der Waals surface area contributed by atoms with Crippen molar-refractivity contribution in [3.63, 3.8) is 0 Å². The van der Waals surface area contributed by atoms with Crippen molar-refractivity contribution in [3.05, 3.63) is 47.2 Å². The van der Waals surface area contributed by atoms with Gasteiger partial charge in [-0.2, -0.15) is 18.4 Å². The quantitative estimate of drug-likeness (QED) is 0.763. The molecule has 0 saturated carbocycles. The normalized spacial score (nSPS) is 11.3. The largest absolute Gasteiger partial charge is 0.462 e. The average Bonchev–Trinajstić information content (AvgIpc) is 2.72. The molecule has 0 fully saturated rings. The Labute approximate surface area is 101 Å². The van der Waals surface area contributed by atoms with Gasteiger partial charge in [-0.25, -0.2) is 0 Å². The van der Waals surface area contributed by atoms with E-state index in [2.05, 4.69) is 0 Å². The molecule has 0 saturated heterocycles. The van der Waals surface area contributed by atoms with Gasteiger partial charge in [0.05, 0.1) is 0 Å². The number of benzene rings is 1. The average molecular weight is 251 g/mol. The van der Waals surface area contributed by atoms with Crippen LogP contribution < -0.4 is 0 Å². The summed E-state index contributed by atoms with van der Waals surface area (Å²) in [6, 6.07) is 8.33. The molecule has 5 heteroatoms. The highest BCUT2D eigenvalue weighted by atomic mass is 19.4. The molecule has 0 N–H and O–H groups in total. The Bertz CT molecular complexity index is 620. The number of hydrogen-bond acceptors (Lipinski definition) is 2. The van der Waals surface area contributed by atoms with E-state index in [4.69, 9.17) is 9.68 Å². The highest BCUT2D eigenvalue weighted by molar-refractivity contribution is 5.67. The molecule has 0 unspecified atom stereocenters. The molecule has 92 valence electrons. The maximum atomic E-state index is 12.6. The summed E-state index contributed by atoms with van der Waals surface area (Å²) < 4.78 is 42.8. The lowest BCUT2D eigenvalue weighted by Gasteiger charge is -2.03. The molecule has 18 heavy (non-hydrogen) atoms. The first kappa shape index (κ1) is 12.2. The van der Waals surface area contributed by atoms with Crippen molar-refractivity contribution in [1.29, 1.82) is 5.26 Å². The van der Waals surface area contributed by atoms with Crippen molar-refractivity contribution in [2.24, 2.45) is 0 Å². The molecule has 0 aliphatic carbocycles. The van der Waals surface area contributed by atoms with Gasteiger partial charge in [0.1, 0.15) is 23.5 Å². The van der Waals surface area contributed by atoms with Gasteiger partial charge in [-0.15, -0.1) is 0 Å². The van der Waals surface area contributed by atoms with Gasteiger partial charge in [-0.3, -0.25) is 0 Å². The highest BCUT2D eigenvalue weighted by Crippen LogP contribution is 2.37. The zero-order chi connectivity index (χ0) is 13.3. The molecule has 1 aromatic carbocycles. The smallest absolute Gasteiger partial charge is 0.420 e. The van der Waals surface area contributed by atoms with Crippen LogP contribution in [0.25, 0.3) is 11.3 Å². The number of halogens is 3. The molecule has 1 aromatic heterocycles. The third kappa shape index (κ3) is 2.09. The Balaban J connectivity index is 2.61. The molecule has 0 atom stereocenters. The fraction of sp³-hybridized carbons (Fsp3) is 0.154. The van der Waals surface area contributed by atoms with Gasteiger partial charge in [0.15, 0.2) is 5.76 Å². The number of furan rings is 1. The van der Waals surface area contributed by atoms with Crippen molar-refractivity contribution in [2.75, 3.05) is 0 Å². The Kier molecular flexibility index (Phi) is 2.87. The molecule has 0 bridgehead atoms. The van der Waals surface area contributed by atoms with Gasteiger partial charge in [0.2, 0.25) is 0 Å². The number of aryl methyl sites for hydroxylation is 1. The second kappa shape index (κ2) is 4.22. The molecule has 2 rings (SSSR count). The number of alkyl halides is 3. The monoisotopic (exact) mass is 251 g/mol. The molecule has 0 spiro atoms. The van der Waals surface area contributed by atoms with Crippen molar-refractivity contribution < 1.29 is 17.6 Å².